The van der Waals surface area contributed by atoms with Gasteiger partial charge in [-0.25, -0.2) is 4.79 Å². The number of rotatable bonds is 4. The molecule has 1 atom stereocenters. The number of carboxylic acids is 2. The molecule has 1 unspecified atom stereocenters. The molecule has 16 heavy (non-hydrogen) atoms. The summed E-state index contributed by atoms with van der Waals surface area (Å²) < 4.78 is 0. The van der Waals surface area contributed by atoms with Gasteiger partial charge < -0.3 is 10.2 Å². The first-order chi connectivity index (χ1) is 7.45. The number of hydrogen-bond donors (Lipinski definition) is 2. The zero-order valence-electron chi connectivity index (χ0n) is 9.18. The molecule has 0 radical (unpaired) electrons. The molecule has 0 heterocycles. The quantitative estimate of drug-likeness (QED) is 0.819. The third-order valence-corrected chi connectivity index (χ3v) is 2.46. The van der Waals surface area contributed by atoms with Crippen molar-refractivity contribution >= 4 is 11.9 Å². The molecule has 0 bridgehead atoms. The first kappa shape index (κ1) is 12.2. The average Bonchev–Trinajstić information content (AvgIpc) is 2.17. The molecule has 1 rings (SSSR count). The van der Waals surface area contributed by atoms with Crippen molar-refractivity contribution in [3.05, 3.63) is 35.4 Å². The normalized spacial score (nSPS) is 12.4. The van der Waals surface area contributed by atoms with Crippen LogP contribution in [0.2, 0.25) is 0 Å². The minimum absolute atomic E-state index is 0.0589. The standard InChI is InChI=1S/C12H14O4/c1-7(2)10(12(15)16)8-5-3-4-6-9(8)11(13)14/h3-7,10H,1-2H3,(H,13,14)(H,15,16). The number of aromatic carboxylic acids is 1. The minimum Gasteiger partial charge on any atom is -0.481 e. The summed E-state index contributed by atoms with van der Waals surface area (Å²) in [6, 6.07) is 6.23. The maximum absolute atomic E-state index is 11.1. The molecule has 0 aliphatic heterocycles. The fourth-order valence-corrected chi connectivity index (χ4v) is 1.74. The summed E-state index contributed by atoms with van der Waals surface area (Å²) in [7, 11) is 0. The Bertz CT molecular complexity index is 409. The molecular weight excluding hydrogens is 208 g/mol. The summed E-state index contributed by atoms with van der Waals surface area (Å²) in [6.07, 6.45) is 0. The van der Waals surface area contributed by atoms with Gasteiger partial charge in [-0.15, -0.1) is 0 Å². The molecule has 86 valence electrons. The zero-order chi connectivity index (χ0) is 12.3. The summed E-state index contributed by atoms with van der Waals surface area (Å²) >= 11 is 0. The Morgan fingerprint density at radius 2 is 1.69 bits per heavy atom. The average molecular weight is 222 g/mol. The van der Waals surface area contributed by atoms with E-state index in [1.54, 1.807) is 32.0 Å². The van der Waals surface area contributed by atoms with E-state index in [0.29, 0.717) is 5.56 Å². The number of benzene rings is 1. The highest BCUT2D eigenvalue weighted by Gasteiger charge is 2.27. The van der Waals surface area contributed by atoms with Gasteiger partial charge in [-0.1, -0.05) is 32.0 Å². The molecule has 0 spiro atoms. The summed E-state index contributed by atoms with van der Waals surface area (Å²) in [4.78, 5) is 22.1. The number of hydrogen-bond acceptors (Lipinski definition) is 2. The van der Waals surface area contributed by atoms with Crippen LogP contribution in [0.25, 0.3) is 0 Å². The Kier molecular flexibility index (Phi) is 3.66. The van der Waals surface area contributed by atoms with E-state index in [4.69, 9.17) is 10.2 Å². The van der Waals surface area contributed by atoms with E-state index in [-0.39, 0.29) is 11.5 Å². The number of carbonyl (C=O) groups is 2. The van der Waals surface area contributed by atoms with Crippen molar-refractivity contribution in [1.82, 2.24) is 0 Å². The molecule has 0 saturated carbocycles. The van der Waals surface area contributed by atoms with Gasteiger partial charge in [-0.3, -0.25) is 4.79 Å². The van der Waals surface area contributed by atoms with E-state index >= 15 is 0 Å². The molecule has 0 saturated heterocycles. The van der Waals surface area contributed by atoms with Crippen LogP contribution in [0.4, 0.5) is 0 Å². The van der Waals surface area contributed by atoms with Gasteiger partial charge in [0, 0.05) is 0 Å². The van der Waals surface area contributed by atoms with Crippen molar-refractivity contribution in [1.29, 1.82) is 0 Å². The van der Waals surface area contributed by atoms with Gasteiger partial charge in [0.05, 0.1) is 11.5 Å². The van der Waals surface area contributed by atoms with E-state index in [2.05, 4.69) is 0 Å². The van der Waals surface area contributed by atoms with Crippen molar-refractivity contribution < 1.29 is 19.8 Å². The van der Waals surface area contributed by atoms with Crippen LogP contribution in [-0.4, -0.2) is 22.2 Å². The van der Waals surface area contributed by atoms with Crippen molar-refractivity contribution in [2.45, 2.75) is 19.8 Å². The van der Waals surface area contributed by atoms with Crippen LogP contribution < -0.4 is 0 Å². The lowest BCUT2D eigenvalue weighted by Crippen LogP contribution is -2.20. The number of aliphatic carboxylic acids is 1. The Morgan fingerprint density at radius 1 is 1.12 bits per heavy atom. The van der Waals surface area contributed by atoms with Crippen LogP contribution in [0.15, 0.2) is 24.3 Å². The molecule has 4 nitrogen and oxygen atoms in total. The van der Waals surface area contributed by atoms with Gasteiger partial charge in [0.25, 0.3) is 0 Å². The zero-order valence-corrected chi connectivity index (χ0v) is 9.18. The van der Waals surface area contributed by atoms with Crippen molar-refractivity contribution in [3.8, 4) is 0 Å². The Labute approximate surface area is 93.5 Å². The van der Waals surface area contributed by atoms with E-state index in [1.165, 1.54) is 6.07 Å². The van der Waals surface area contributed by atoms with Crippen LogP contribution in [0.5, 0.6) is 0 Å². The lowest BCUT2D eigenvalue weighted by atomic mass is 9.86. The molecule has 1 aromatic carbocycles. The molecule has 2 N–H and O–H groups in total. The summed E-state index contributed by atoms with van der Waals surface area (Å²) in [5.74, 6) is -3.03. The highest BCUT2D eigenvalue weighted by atomic mass is 16.4. The Morgan fingerprint density at radius 3 is 2.12 bits per heavy atom. The smallest absolute Gasteiger partial charge is 0.335 e. The number of carboxylic acid groups (broad SMARTS) is 2. The summed E-state index contributed by atoms with van der Waals surface area (Å²) in [5.41, 5.74) is 0.418. The fraction of sp³-hybridized carbons (Fsp3) is 0.333. The Balaban J connectivity index is 3.29. The topological polar surface area (TPSA) is 74.6 Å². The summed E-state index contributed by atoms with van der Waals surface area (Å²) in [5, 5.41) is 18.1. The Hall–Kier alpha value is -1.84. The van der Waals surface area contributed by atoms with Crippen molar-refractivity contribution in [3.63, 3.8) is 0 Å². The lowest BCUT2D eigenvalue weighted by molar-refractivity contribution is -0.139. The predicted octanol–water partition coefficient (Wildman–Crippen LogP) is 2.21. The van der Waals surface area contributed by atoms with Crippen LogP contribution in [0, 0.1) is 5.92 Å². The second-order valence-electron chi connectivity index (χ2n) is 3.95. The molecule has 0 aliphatic rings. The molecule has 0 aromatic heterocycles. The van der Waals surface area contributed by atoms with Crippen LogP contribution in [-0.2, 0) is 4.79 Å². The lowest BCUT2D eigenvalue weighted by Gasteiger charge is -2.18. The molecule has 0 amide bonds. The van der Waals surface area contributed by atoms with Crippen LogP contribution in [0.3, 0.4) is 0 Å². The second-order valence-corrected chi connectivity index (χ2v) is 3.95. The molecule has 4 heteroatoms. The van der Waals surface area contributed by atoms with Crippen molar-refractivity contribution in [2.24, 2.45) is 5.92 Å². The highest BCUT2D eigenvalue weighted by Crippen LogP contribution is 2.27. The van der Waals surface area contributed by atoms with Crippen LogP contribution in [0.1, 0.15) is 35.7 Å². The van der Waals surface area contributed by atoms with Crippen LogP contribution >= 0.6 is 0 Å². The molecule has 1 aromatic rings. The predicted molar refractivity (Wildman–Crippen MR) is 58.6 cm³/mol. The maximum Gasteiger partial charge on any atom is 0.335 e. The first-order valence-electron chi connectivity index (χ1n) is 5.00. The third kappa shape index (κ3) is 2.39. The molecule has 0 aliphatic carbocycles. The maximum atomic E-state index is 11.1. The minimum atomic E-state index is -1.09. The van der Waals surface area contributed by atoms with E-state index < -0.39 is 17.9 Å². The van der Waals surface area contributed by atoms with Gasteiger partial charge in [-0.05, 0) is 17.5 Å². The van der Waals surface area contributed by atoms with Gasteiger partial charge in [-0.2, -0.15) is 0 Å². The summed E-state index contributed by atoms with van der Waals surface area (Å²) in [6.45, 7) is 3.52. The SMILES string of the molecule is CC(C)C(C(=O)O)c1ccccc1C(=O)O. The van der Waals surface area contributed by atoms with E-state index in [0.717, 1.165) is 0 Å². The molecule has 0 fully saturated rings. The molecular formula is C12H14O4. The van der Waals surface area contributed by atoms with E-state index in [1.807, 2.05) is 0 Å². The van der Waals surface area contributed by atoms with Gasteiger partial charge in [0.15, 0.2) is 0 Å². The third-order valence-electron chi connectivity index (χ3n) is 2.46. The van der Waals surface area contributed by atoms with Gasteiger partial charge >= 0.3 is 11.9 Å². The van der Waals surface area contributed by atoms with Crippen molar-refractivity contribution in [2.75, 3.05) is 0 Å². The fourth-order valence-electron chi connectivity index (χ4n) is 1.74. The van der Waals surface area contributed by atoms with Gasteiger partial charge in [0.2, 0.25) is 0 Å². The highest BCUT2D eigenvalue weighted by molar-refractivity contribution is 5.92. The van der Waals surface area contributed by atoms with E-state index in [9.17, 15) is 9.59 Å². The monoisotopic (exact) mass is 222 g/mol. The van der Waals surface area contributed by atoms with Gasteiger partial charge in [0.1, 0.15) is 0 Å². The largest absolute Gasteiger partial charge is 0.481 e. The first-order valence-corrected chi connectivity index (χ1v) is 5.00. The second kappa shape index (κ2) is 4.79.